The molecule has 1 saturated heterocycles. The summed E-state index contributed by atoms with van der Waals surface area (Å²) in [5, 5.41) is 3.28. The largest absolute Gasteiger partial charge is 0.370 e. The predicted molar refractivity (Wildman–Crippen MR) is 114 cm³/mol. The lowest BCUT2D eigenvalue weighted by molar-refractivity contribution is -0.124. The second-order valence-electron chi connectivity index (χ2n) is 8.12. The van der Waals surface area contributed by atoms with Gasteiger partial charge in [-0.25, -0.2) is 4.98 Å². The van der Waals surface area contributed by atoms with Gasteiger partial charge in [-0.05, 0) is 55.0 Å². The molecule has 1 atom stereocenters. The molecular formula is C23H30N4O2. The second kappa shape index (κ2) is 10.1. The lowest BCUT2D eigenvalue weighted by Gasteiger charge is -2.32. The minimum atomic E-state index is -0.0390. The molecule has 1 aliphatic rings. The van der Waals surface area contributed by atoms with Crippen molar-refractivity contribution in [1.29, 1.82) is 0 Å². The fraction of sp³-hybridized carbons (Fsp3) is 0.478. The first-order valence-electron chi connectivity index (χ1n) is 10.4. The molecule has 1 N–H and O–H groups in total. The highest BCUT2D eigenvalue weighted by Crippen LogP contribution is 2.22. The summed E-state index contributed by atoms with van der Waals surface area (Å²) in [5.74, 6) is 1.32. The summed E-state index contributed by atoms with van der Waals surface area (Å²) >= 11 is 0. The Bertz CT molecular complexity index is 805. The van der Waals surface area contributed by atoms with Crippen molar-refractivity contribution in [2.75, 3.05) is 25.0 Å². The van der Waals surface area contributed by atoms with Gasteiger partial charge >= 0.3 is 0 Å². The summed E-state index contributed by atoms with van der Waals surface area (Å²) in [6.45, 7) is 6.10. The molecule has 1 fully saturated rings. The van der Waals surface area contributed by atoms with Crippen molar-refractivity contribution in [3.63, 3.8) is 0 Å². The fourth-order valence-electron chi connectivity index (χ4n) is 3.69. The Labute approximate surface area is 172 Å². The van der Waals surface area contributed by atoms with Crippen molar-refractivity contribution < 1.29 is 9.59 Å². The maximum Gasteiger partial charge on any atom is 0.255 e. The summed E-state index contributed by atoms with van der Waals surface area (Å²) in [4.78, 5) is 35.4. The molecule has 154 valence electrons. The van der Waals surface area contributed by atoms with Crippen LogP contribution in [0.3, 0.4) is 0 Å². The number of piperidine rings is 1. The molecule has 0 aliphatic carbocycles. The monoisotopic (exact) mass is 394 g/mol. The Hall–Kier alpha value is -2.76. The number of anilines is 1. The van der Waals surface area contributed by atoms with Crippen LogP contribution in [0, 0.1) is 11.8 Å². The van der Waals surface area contributed by atoms with Gasteiger partial charge < -0.3 is 10.2 Å². The van der Waals surface area contributed by atoms with Crippen molar-refractivity contribution in [3.8, 4) is 0 Å². The van der Waals surface area contributed by atoms with Gasteiger partial charge in [-0.15, -0.1) is 0 Å². The van der Waals surface area contributed by atoms with Crippen LogP contribution in [0.15, 0.2) is 42.9 Å². The van der Waals surface area contributed by atoms with Crippen LogP contribution in [0.1, 0.15) is 49.0 Å². The first-order chi connectivity index (χ1) is 14.0. The maximum absolute atomic E-state index is 12.8. The summed E-state index contributed by atoms with van der Waals surface area (Å²) in [7, 11) is 0. The van der Waals surface area contributed by atoms with Crippen LogP contribution in [0.25, 0.3) is 0 Å². The number of Topliss-reactive ketones (excluding diaryl/α,β-unsaturated/α-hetero) is 1. The van der Waals surface area contributed by atoms with Gasteiger partial charge in [0.15, 0.2) is 0 Å². The molecule has 6 nitrogen and oxygen atoms in total. The molecule has 3 heterocycles. The molecule has 0 bridgehead atoms. The molecule has 0 spiro atoms. The van der Waals surface area contributed by atoms with E-state index in [0.29, 0.717) is 31.0 Å². The van der Waals surface area contributed by atoms with E-state index < -0.39 is 0 Å². The fourth-order valence-corrected chi connectivity index (χ4v) is 3.69. The van der Waals surface area contributed by atoms with Crippen molar-refractivity contribution in [2.45, 2.75) is 39.5 Å². The topological polar surface area (TPSA) is 75.2 Å². The van der Waals surface area contributed by atoms with E-state index in [1.165, 1.54) is 5.56 Å². The van der Waals surface area contributed by atoms with Crippen LogP contribution in [0.2, 0.25) is 0 Å². The van der Waals surface area contributed by atoms with Gasteiger partial charge in [0.2, 0.25) is 0 Å². The molecule has 1 amide bonds. The van der Waals surface area contributed by atoms with Gasteiger partial charge in [0.05, 0.1) is 5.56 Å². The summed E-state index contributed by atoms with van der Waals surface area (Å²) in [5.41, 5.74) is 1.78. The second-order valence-corrected chi connectivity index (χ2v) is 8.12. The van der Waals surface area contributed by atoms with Crippen molar-refractivity contribution >= 4 is 17.5 Å². The Morgan fingerprint density at radius 3 is 2.69 bits per heavy atom. The van der Waals surface area contributed by atoms with E-state index in [4.69, 9.17) is 0 Å². The smallest absolute Gasteiger partial charge is 0.255 e. The number of likely N-dealkylation sites (tertiary alicyclic amines) is 1. The zero-order valence-corrected chi connectivity index (χ0v) is 17.3. The van der Waals surface area contributed by atoms with E-state index in [9.17, 15) is 9.59 Å². The number of amides is 1. The number of rotatable bonds is 8. The average molecular weight is 395 g/mol. The van der Waals surface area contributed by atoms with E-state index in [-0.39, 0.29) is 17.6 Å². The molecular weight excluding hydrogens is 364 g/mol. The van der Waals surface area contributed by atoms with Crippen molar-refractivity contribution in [2.24, 2.45) is 11.8 Å². The number of hydrogen-bond acceptors (Lipinski definition) is 5. The van der Waals surface area contributed by atoms with Crippen molar-refractivity contribution in [1.82, 2.24) is 14.9 Å². The number of hydrogen-bond donors (Lipinski definition) is 1. The van der Waals surface area contributed by atoms with Crippen LogP contribution in [-0.2, 0) is 11.2 Å². The van der Waals surface area contributed by atoms with Crippen LogP contribution in [-0.4, -0.2) is 46.2 Å². The normalized spacial score (nSPS) is 16.7. The van der Waals surface area contributed by atoms with Gasteiger partial charge in [-0.3, -0.25) is 14.6 Å². The van der Waals surface area contributed by atoms with Crippen LogP contribution < -0.4 is 5.32 Å². The molecule has 6 heteroatoms. The number of ketones is 1. The van der Waals surface area contributed by atoms with Crippen molar-refractivity contribution in [3.05, 3.63) is 54.0 Å². The Morgan fingerprint density at radius 1 is 1.21 bits per heavy atom. The van der Waals surface area contributed by atoms with Gasteiger partial charge in [0, 0.05) is 50.6 Å². The zero-order valence-electron chi connectivity index (χ0n) is 17.3. The predicted octanol–water partition coefficient (Wildman–Crippen LogP) is 3.60. The number of nitrogens with one attached hydrogen (secondary N) is 1. The highest BCUT2D eigenvalue weighted by atomic mass is 16.2. The molecule has 0 saturated carbocycles. The Morgan fingerprint density at radius 2 is 2.00 bits per heavy atom. The molecule has 0 aromatic carbocycles. The van der Waals surface area contributed by atoms with Gasteiger partial charge in [0.1, 0.15) is 11.6 Å². The summed E-state index contributed by atoms with van der Waals surface area (Å²) in [6, 6.07) is 7.64. The third-order valence-electron chi connectivity index (χ3n) is 5.25. The van der Waals surface area contributed by atoms with Crippen LogP contribution in [0.4, 0.5) is 5.82 Å². The highest BCUT2D eigenvalue weighted by Gasteiger charge is 2.29. The maximum atomic E-state index is 12.8. The van der Waals surface area contributed by atoms with E-state index >= 15 is 0 Å². The summed E-state index contributed by atoms with van der Waals surface area (Å²) in [6.07, 6.45) is 8.43. The molecule has 0 unspecified atom stereocenters. The lowest BCUT2D eigenvalue weighted by Crippen LogP contribution is -2.42. The number of aromatic nitrogens is 2. The molecule has 3 rings (SSSR count). The van der Waals surface area contributed by atoms with Gasteiger partial charge in [-0.2, -0.15) is 0 Å². The molecule has 2 aromatic heterocycles. The first-order valence-corrected chi connectivity index (χ1v) is 10.4. The lowest BCUT2D eigenvalue weighted by atomic mass is 9.89. The average Bonchev–Trinajstić information content (AvgIpc) is 2.74. The van der Waals surface area contributed by atoms with Gasteiger partial charge in [0.25, 0.3) is 5.91 Å². The minimum Gasteiger partial charge on any atom is -0.370 e. The molecule has 0 radical (unpaired) electrons. The van der Waals surface area contributed by atoms with E-state index in [1.807, 2.05) is 24.3 Å². The van der Waals surface area contributed by atoms with Crippen LogP contribution >= 0.6 is 0 Å². The Kier molecular flexibility index (Phi) is 7.33. The van der Waals surface area contributed by atoms with E-state index in [2.05, 4.69) is 29.1 Å². The highest BCUT2D eigenvalue weighted by molar-refractivity contribution is 5.94. The Balaban J connectivity index is 1.52. The SMILES string of the molecule is CC(C)CC(=O)[C@@H]1CCCN(C(=O)c2ccc(NCCc3ccncc3)nc2)C1. The molecule has 2 aromatic rings. The minimum absolute atomic E-state index is 0.0304. The van der Waals surface area contributed by atoms with E-state index in [1.54, 1.807) is 23.5 Å². The van der Waals surface area contributed by atoms with Crippen LogP contribution in [0.5, 0.6) is 0 Å². The zero-order chi connectivity index (χ0) is 20.6. The quantitative estimate of drug-likeness (QED) is 0.740. The molecule has 29 heavy (non-hydrogen) atoms. The third kappa shape index (κ3) is 6.11. The number of carbonyl (C=O) groups excluding carboxylic acids is 2. The molecule has 1 aliphatic heterocycles. The number of carbonyl (C=O) groups is 2. The number of nitrogens with zero attached hydrogens (tertiary/aromatic N) is 3. The number of pyridine rings is 2. The third-order valence-corrected chi connectivity index (χ3v) is 5.25. The standard InChI is InChI=1S/C23H30N4O2/c1-17(2)14-21(28)20-4-3-13-27(16-20)23(29)19-5-6-22(26-15-19)25-12-9-18-7-10-24-11-8-18/h5-8,10-11,15,17,20H,3-4,9,12-14,16H2,1-2H3,(H,25,26)/t20-/m1/s1. The van der Waals surface area contributed by atoms with E-state index in [0.717, 1.165) is 31.6 Å². The first kappa shape index (κ1) is 21.0. The van der Waals surface area contributed by atoms with Gasteiger partial charge in [-0.1, -0.05) is 13.8 Å². The summed E-state index contributed by atoms with van der Waals surface area (Å²) < 4.78 is 0.